The van der Waals surface area contributed by atoms with Gasteiger partial charge < -0.3 is 19.8 Å². The summed E-state index contributed by atoms with van der Waals surface area (Å²) in [7, 11) is 0. The molecule has 0 amide bonds. The smallest absolute Gasteiger partial charge is 0.550 e. The molecule has 0 unspecified atom stereocenters. The first-order valence-corrected chi connectivity index (χ1v) is 15.8. The molecule has 0 heterocycles. The van der Waals surface area contributed by atoms with Gasteiger partial charge in [0.2, 0.25) is 0 Å². The Morgan fingerprint density at radius 2 is 0.590 bits per heavy atom. The topological polar surface area (TPSA) is 114 Å². The fourth-order valence-electron chi connectivity index (χ4n) is 4.47. The predicted molar refractivity (Wildman–Crippen MR) is 157 cm³/mol. The fourth-order valence-corrected chi connectivity index (χ4v) is 4.47. The standard InChI is InChI=1S/2C16H30O3.Al/c2*1-2-3-4-5-6-7-8-9-10-11-12-13-15(17)14-16(18)19;/h2*2-14H2,1H3,(H,18,19);/q;;+2/p-2. The molecule has 0 spiro atoms. The SMILES string of the molecule is CCCCCCCCCCCCCC(=O)CC(=O)[O-].CCCCCCCCCCCCCC(=O)CC(=O)[O-].[Al+2]. The number of Topliss-reactive ketones (excluding diaryl/α,β-unsaturated/α-hetero) is 2. The average Bonchev–Trinajstić information content (AvgIpc) is 2.85. The molecular formula is C32H58AlO6. The summed E-state index contributed by atoms with van der Waals surface area (Å²) < 4.78 is 0. The molecule has 0 rings (SSSR count). The largest absolute Gasteiger partial charge is 2.00 e. The van der Waals surface area contributed by atoms with Crippen molar-refractivity contribution >= 4 is 40.9 Å². The second-order valence-corrected chi connectivity index (χ2v) is 10.7. The van der Waals surface area contributed by atoms with Crippen molar-refractivity contribution in [1.82, 2.24) is 0 Å². The quantitative estimate of drug-likeness (QED) is 0.0615. The van der Waals surface area contributed by atoms with E-state index in [0.29, 0.717) is 12.8 Å². The van der Waals surface area contributed by atoms with Crippen molar-refractivity contribution in [3.8, 4) is 0 Å². The molecule has 0 aliphatic rings. The van der Waals surface area contributed by atoms with Crippen molar-refractivity contribution in [3.63, 3.8) is 0 Å². The minimum Gasteiger partial charge on any atom is -0.550 e. The molecule has 0 aliphatic heterocycles. The molecule has 0 aromatic heterocycles. The van der Waals surface area contributed by atoms with E-state index in [1.165, 1.54) is 103 Å². The minimum atomic E-state index is -1.26. The molecule has 0 aromatic carbocycles. The van der Waals surface area contributed by atoms with Crippen LogP contribution < -0.4 is 10.2 Å². The van der Waals surface area contributed by atoms with Gasteiger partial charge in [0.1, 0.15) is 11.6 Å². The van der Waals surface area contributed by atoms with Crippen molar-refractivity contribution < 1.29 is 29.4 Å². The molecule has 0 fully saturated rings. The molecule has 6 nitrogen and oxygen atoms in total. The van der Waals surface area contributed by atoms with E-state index in [4.69, 9.17) is 0 Å². The number of aliphatic carboxylic acids is 2. The summed E-state index contributed by atoms with van der Waals surface area (Å²) in [5.74, 6) is -2.91. The maximum absolute atomic E-state index is 11.1. The van der Waals surface area contributed by atoms with E-state index in [1.54, 1.807) is 0 Å². The molecule has 0 saturated carbocycles. The van der Waals surface area contributed by atoms with Crippen LogP contribution in [0, 0.1) is 0 Å². The van der Waals surface area contributed by atoms with Crippen LogP contribution in [0.1, 0.15) is 181 Å². The Kier molecular flexibility index (Phi) is 37.8. The fraction of sp³-hybridized carbons (Fsp3) is 0.875. The zero-order valence-electron chi connectivity index (χ0n) is 25.4. The van der Waals surface area contributed by atoms with Gasteiger partial charge in [-0.05, 0) is 12.8 Å². The maximum Gasteiger partial charge on any atom is 2.00 e. The molecule has 1 radical (unpaired) electrons. The van der Waals surface area contributed by atoms with Crippen molar-refractivity contribution in [2.75, 3.05) is 0 Å². The van der Waals surface area contributed by atoms with Gasteiger partial charge in [0.25, 0.3) is 0 Å². The van der Waals surface area contributed by atoms with Crippen LogP contribution in [0.5, 0.6) is 0 Å². The first kappa shape index (κ1) is 42.3. The van der Waals surface area contributed by atoms with Crippen molar-refractivity contribution in [2.45, 2.75) is 181 Å². The van der Waals surface area contributed by atoms with Gasteiger partial charge in [-0.2, -0.15) is 0 Å². The molecule has 0 aromatic rings. The Morgan fingerprint density at radius 3 is 0.795 bits per heavy atom. The van der Waals surface area contributed by atoms with Crippen LogP contribution in [0.15, 0.2) is 0 Å². The average molecular weight is 566 g/mol. The molecule has 0 bridgehead atoms. The first-order chi connectivity index (χ1) is 18.3. The van der Waals surface area contributed by atoms with Gasteiger partial charge in [-0.1, -0.05) is 142 Å². The number of ketones is 2. The van der Waals surface area contributed by atoms with E-state index in [-0.39, 0.29) is 28.9 Å². The van der Waals surface area contributed by atoms with E-state index in [1.807, 2.05) is 0 Å². The van der Waals surface area contributed by atoms with E-state index in [0.717, 1.165) is 38.5 Å². The number of carbonyl (C=O) groups excluding carboxylic acids is 4. The maximum atomic E-state index is 11.1. The normalized spacial score (nSPS) is 10.3. The van der Waals surface area contributed by atoms with Gasteiger partial charge in [-0.25, -0.2) is 0 Å². The third-order valence-electron chi connectivity index (χ3n) is 6.80. The molecule has 39 heavy (non-hydrogen) atoms. The molecule has 0 saturated heterocycles. The van der Waals surface area contributed by atoms with Gasteiger partial charge in [-0.15, -0.1) is 0 Å². The molecular weight excluding hydrogens is 507 g/mol. The Balaban J connectivity index is -0.000000648. The summed E-state index contributed by atoms with van der Waals surface area (Å²) in [5.41, 5.74) is 0. The Bertz CT molecular complexity index is 529. The molecule has 225 valence electrons. The van der Waals surface area contributed by atoms with Gasteiger partial charge in [-0.3, -0.25) is 9.59 Å². The van der Waals surface area contributed by atoms with Crippen LogP contribution in [0.25, 0.3) is 0 Å². The summed E-state index contributed by atoms with van der Waals surface area (Å²) in [5, 5.41) is 20.4. The van der Waals surface area contributed by atoms with Crippen LogP contribution in [0.3, 0.4) is 0 Å². The Labute approximate surface area is 250 Å². The predicted octanol–water partition coefficient (Wildman–Crippen LogP) is 6.41. The second-order valence-electron chi connectivity index (χ2n) is 10.7. The van der Waals surface area contributed by atoms with Gasteiger partial charge in [0.15, 0.2) is 0 Å². The summed E-state index contributed by atoms with van der Waals surface area (Å²) in [6, 6.07) is 0. The summed E-state index contributed by atoms with van der Waals surface area (Å²) >= 11 is 0. The van der Waals surface area contributed by atoms with Crippen LogP contribution in [-0.2, 0) is 19.2 Å². The number of hydrogen-bond acceptors (Lipinski definition) is 6. The molecule has 0 N–H and O–H groups in total. The van der Waals surface area contributed by atoms with E-state index < -0.39 is 24.8 Å². The van der Waals surface area contributed by atoms with E-state index in [9.17, 15) is 29.4 Å². The summed E-state index contributed by atoms with van der Waals surface area (Å²) in [4.78, 5) is 42.5. The van der Waals surface area contributed by atoms with Gasteiger partial charge in [0, 0.05) is 37.6 Å². The van der Waals surface area contributed by atoms with Crippen LogP contribution in [0.2, 0.25) is 0 Å². The van der Waals surface area contributed by atoms with Crippen LogP contribution in [-0.4, -0.2) is 40.9 Å². The number of rotatable bonds is 28. The number of hydrogen-bond donors (Lipinski definition) is 0. The van der Waals surface area contributed by atoms with Crippen molar-refractivity contribution in [2.24, 2.45) is 0 Å². The van der Waals surface area contributed by atoms with Crippen LogP contribution >= 0.6 is 0 Å². The molecule has 0 atom stereocenters. The van der Waals surface area contributed by atoms with Crippen molar-refractivity contribution in [3.05, 3.63) is 0 Å². The first-order valence-electron chi connectivity index (χ1n) is 15.8. The van der Waals surface area contributed by atoms with E-state index >= 15 is 0 Å². The third kappa shape index (κ3) is 41.4. The number of unbranched alkanes of at least 4 members (excludes halogenated alkanes) is 20. The third-order valence-corrected chi connectivity index (χ3v) is 6.80. The van der Waals surface area contributed by atoms with Gasteiger partial charge >= 0.3 is 17.4 Å². The minimum absolute atomic E-state index is 0. The number of carbonyl (C=O) groups is 4. The zero-order valence-corrected chi connectivity index (χ0v) is 26.6. The summed E-state index contributed by atoms with van der Waals surface area (Å²) in [6.45, 7) is 4.47. The Morgan fingerprint density at radius 1 is 0.385 bits per heavy atom. The molecule has 0 aliphatic carbocycles. The Hall–Kier alpha value is -1.19. The van der Waals surface area contributed by atoms with Crippen LogP contribution in [0.4, 0.5) is 0 Å². The number of carboxylic acid groups (broad SMARTS) is 2. The summed E-state index contributed by atoms with van der Waals surface area (Å²) in [6.07, 6.45) is 27.2. The molecule has 7 heteroatoms. The zero-order chi connectivity index (χ0) is 28.7. The monoisotopic (exact) mass is 565 g/mol. The van der Waals surface area contributed by atoms with E-state index in [2.05, 4.69) is 13.8 Å². The van der Waals surface area contributed by atoms with Crippen molar-refractivity contribution in [1.29, 1.82) is 0 Å². The second kappa shape index (κ2) is 34.8. The number of carboxylic acids is 2. The van der Waals surface area contributed by atoms with Gasteiger partial charge in [0.05, 0.1) is 0 Å².